The highest BCUT2D eigenvalue weighted by Crippen LogP contribution is 2.44. The van der Waals surface area contributed by atoms with Crippen molar-refractivity contribution in [1.29, 1.82) is 0 Å². The van der Waals surface area contributed by atoms with E-state index in [4.69, 9.17) is 11.6 Å². The molecule has 2 aromatic heterocycles. The highest BCUT2D eigenvalue weighted by atomic mass is 79.9. The van der Waals surface area contributed by atoms with E-state index < -0.39 is 29.0 Å². The summed E-state index contributed by atoms with van der Waals surface area (Å²) in [4.78, 5) is 50.2. The van der Waals surface area contributed by atoms with Crippen molar-refractivity contribution in [3.05, 3.63) is 67.0 Å². The van der Waals surface area contributed by atoms with Crippen LogP contribution in [0.15, 0.2) is 44.6 Å². The fraction of sp³-hybridized carbons (Fsp3) is 0.429. The molecule has 1 aromatic carbocycles. The Hall–Kier alpha value is -3.72. The third-order valence-corrected chi connectivity index (χ3v) is 8.90. The Kier molecular flexibility index (Phi) is 8.64. The maximum Gasteiger partial charge on any atom is 0.416 e. The number of benzene rings is 1. The lowest BCUT2D eigenvalue weighted by atomic mass is 9.66. The van der Waals surface area contributed by atoms with E-state index in [1.54, 1.807) is 16.4 Å². The van der Waals surface area contributed by atoms with E-state index in [1.807, 2.05) is 0 Å². The number of halogens is 5. The van der Waals surface area contributed by atoms with Crippen LogP contribution in [0.4, 0.5) is 18.9 Å². The predicted octanol–water partition coefficient (Wildman–Crippen LogP) is 4.69. The van der Waals surface area contributed by atoms with E-state index in [0.29, 0.717) is 56.5 Å². The van der Waals surface area contributed by atoms with Crippen LogP contribution in [0.5, 0.6) is 0 Å². The lowest BCUT2D eigenvalue weighted by Gasteiger charge is -2.45. The Labute approximate surface area is 262 Å². The van der Waals surface area contributed by atoms with Crippen LogP contribution in [0.1, 0.15) is 49.4 Å². The number of nitrogens with zero attached hydrogens (tertiary/aromatic N) is 6. The number of aliphatic hydroxyl groups is 1. The van der Waals surface area contributed by atoms with Crippen LogP contribution in [-0.4, -0.2) is 66.8 Å². The van der Waals surface area contributed by atoms with Gasteiger partial charge in [0.1, 0.15) is 12.3 Å². The molecule has 2 amide bonds. The summed E-state index contributed by atoms with van der Waals surface area (Å²) >= 11 is 9.27. The van der Waals surface area contributed by atoms with Crippen molar-refractivity contribution >= 4 is 56.5 Å². The molecule has 44 heavy (non-hydrogen) atoms. The highest BCUT2D eigenvalue weighted by Gasteiger charge is 2.44. The zero-order chi connectivity index (χ0) is 32.0. The highest BCUT2D eigenvalue weighted by molar-refractivity contribution is 9.10. The molecule has 0 unspecified atom stereocenters. The smallest absolute Gasteiger partial charge is 0.416 e. The van der Waals surface area contributed by atoms with Crippen molar-refractivity contribution in [3.63, 3.8) is 0 Å². The number of amides is 2. The zero-order valence-corrected chi connectivity index (χ0v) is 26.1. The molecule has 11 nitrogen and oxygen atoms in total. The number of rotatable bonds is 5. The van der Waals surface area contributed by atoms with E-state index >= 15 is 0 Å². The minimum atomic E-state index is -4.59. The lowest BCUT2D eigenvalue weighted by molar-refractivity contribution is -0.137. The third kappa shape index (κ3) is 5.74. The van der Waals surface area contributed by atoms with Crippen molar-refractivity contribution in [3.8, 4) is 0 Å². The van der Waals surface area contributed by atoms with Crippen LogP contribution < -0.4 is 10.9 Å². The number of hydrogen-bond donors (Lipinski definition) is 2. The average Bonchev–Trinajstić information content (AvgIpc) is 3.38. The number of aliphatic hydroxyl groups excluding tert-OH is 1. The second-order valence-corrected chi connectivity index (χ2v) is 11.8. The summed E-state index contributed by atoms with van der Waals surface area (Å²) in [5, 5.41) is 16.6. The number of carbonyl (C=O) groups is 2. The molecular weight excluding hydrogens is 671 g/mol. The van der Waals surface area contributed by atoms with E-state index in [0.717, 1.165) is 22.7 Å². The molecule has 0 atom stereocenters. The van der Waals surface area contributed by atoms with E-state index in [1.165, 1.54) is 13.1 Å². The van der Waals surface area contributed by atoms with Crippen LogP contribution >= 0.6 is 27.5 Å². The first-order valence-corrected chi connectivity index (χ1v) is 14.9. The predicted molar refractivity (Wildman–Crippen MR) is 160 cm³/mol. The molecular formula is C28H28BrClF3N7O4. The molecule has 0 radical (unpaired) electrons. The summed E-state index contributed by atoms with van der Waals surface area (Å²) in [6.07, 6.45) is -0.402. The fourth-order valence-electron chi connectivity index (χ4n) is 6.12. The number of aromatic nitrogens is 4. The lowest BCUT2D eigenvalue weighted by Crippen LogP contribution is -2.51. The number of aliphatic imine (C=N–C) groups is 1. The normalized spacial score (nSPS) is 17.2. The quantitative estimate of drug-likeness (QED) is 0.293. The number of likely N-dealkylation sites (tertiary alicyclic amines) is 1. The van der Waals surface area contributed by atoms with Crippen LogP contribution in [0.25, 0.3) is 5.78 Å². The number of anilines is 1. The summed E-state index contributed by atoms with van der Waals surface area (Å²) in [5.41, 5.74) is -0.827. The van der Waals surface area contributed by atoms with Crippen LogP contribution in [0.2, 0.25) is 5.02 Å². The second-order valence-electron chi connectivity index (χ2n) is 10.7. The monoisotopic (exact) mass is 697 g/mol. The van der Waals surface area contributed by atoms with Gasteiger partial charge in [0.15, 0.2) is 5.71 Å². The standard InChI is InChI=1S/C28H28BrClF3N7O4/c1-3-19(41)22(34-2)24(44)38-11-9-27(10-12-38)8-4-5-18-21(27)23(43)40-26(36-25(29)37-40)39(18)14-20(42)35-17-7-6-15(13-16(17)30)28(31,32)33/h3,6-7,13,41H,4-5,8-12,14H2,1-2H3,(H,35,42)/b19-3+,34-22?. The zero-order valence-electron chi connectivity index (χ0n) is 23.7. The molecule has 1 fully saturated rings. The van der Waals surface area contributed by atoms with Crippen LogP contribution in [0, 0.1) is 0 Å². The van der Waals surface area contributed by atoms with Crippen LogP contribution in [-0.2, 0) is 34.1 Å². The maximum absolute atomic E-state index is 13.9. The molecule has 0 saturated carbocycles. The van der Waals surface area contributed by atoms with Gasteiger partial charge in [-0.2, -0.15) is 22.7 Å². The van der Waals surface area contributed by atoms with Crippen molar-refractivity contribution < 1.29 is 27.9 Å². The van der Waals surface area contributed by atoms with Gasteiger partial charge in [0.05, 0.1) is 16.3 Å². The number of allylic oxidation sites excluding steroid dienone is 1. The van der Waals surface area contributed by atoms with E-state index in [-0.39, 0.29) is 44.8 Å². The Morgan fingerprint density at radius 2 is 1.95 bits per heavy atom. The largest absolute Gasteiger partial charge is 0.506 e. The molecule has 1 spiro atoms. The summed E-state index contributed by atoms with van der Waals surface area (Å²) in [6.45, 7) is 1.93. The molecule has 5 rings (SSSR count). The van der Waals surface area contributed by atoms with Gasteiger partial charge < -0.3 is 19.9 Å². The maximum atomic E-state index is 13.9. The number of hydrogen-bond acceptors (Lipinski definition) is 7. The molecule has 234 valence electrons. The van der Waals surface area contributed by atoms with Gasteiger partial charge >= 0.3 is 6.18 Å². The molecule has 3 aromatic rings. The minimum absolute atomic E-state index is 0.00528. The molecule has 2 N–H and O–H groups in total. The van der Waals surface area contributed by atoms with Crippen molar-refractivity contribution in [1.82, 2.24) is 24.1 Å². The van der Waals surface area contributed by atoms with Gasteiger partial charge in [0.2, 0.25) is 16.4 Å². The second kappa shape index (κ2) is 12.0. The molecule has 16 heteroatoms. The van der Waals surface area contributed by atoms with Gasteiger partial charge in [-0.25, -0.2) is 0 Å². The van der Waals surface area contributed by atoms with Gasteiger partial charge in [-0.3, -0.25) is 19.4 Å². The Morgan fingerprint density at radius 3 is 2.57 bits per heavy atom. The van der Waals surface area contributed by atoms with Gasteiger partial charge in [0.25, 0.3) is 11.5 Å². The van der Waals surface area contributed by atoms with E-state index in [9.17, 15) is 32.7 Å². The topological polar surface area (TPSA) is 134 Å². The van der Waals surface area contributed by atoms with Gasteiger partial charge in [-0.05, 0) is 79.2 Å². The van der Waals surface area contributed by atoms with Crippen molar-refractivity contribution in [2.45, 2.75) is 57.2 Å². The number of piperidine rings is 1. The third-order valence-electron chi connectivity index (χ3n) is 8.25. The number of fused-ring (bicyclic) bond motifs is 3. The number of carbonyl (C=O) groups excluding carboxylic acids is 2. The Bertz CT molecular complexity index is 1780. The van der Waals surface area contributed by atoms with Gasteiger partial charge in [-0.1, -0.05) is 11.6 Å². The molecule has 1 aliphatic carbocycles. The van der Waals surface area contributed by atoms with Gasteiger partial charge in [0, 0.05) is 36.8 Å². The fourth-order valence-corrected chi connectivity index (χ4v) is 6.67. The summed E-state index contributed by atoms with van der Waals surface area (Å²) in [7, 11) is 1.43. The molecule has 3 heterocycles. The van der Waals surface area contributed by atoms with Crippen LogP contribution in [0.3, 0.4) is 0 Å². The average molecular weight is 699 g/mol. The first-order valence-electron chi connectivity index (χ1n) is 13.8. The van der Waals surface area contributed by atoms with Crippen molar-refractivity contribution in [2.24, 2.45) is 4.99 Å². The Morgan fingerprint density at radius 1 is 1.25 bits per heavy atom. The summed E-state index contributed by atoms with van der Waals surface area (Å²) in [5.74, 6) is -1.07. The first kappa shape index (κ1) is 31.7. The number of alkyl halides is 3. The first-order chi connectivity index (χ1) is 20.8. The molecule has 0 bridgehead atoms. The van der Waals surface area contributed by atoms with E-state index in [2.05, 4.69) is 36.3 Å². The molecule has 1 aliphatic heterocycles. The molecule has 2 aliphatic rings. The van der Waals surface area contributed by atoms with Gasteiger partial charge in [-0.15, -0.1) is 5.10 Å². The summed E-state index contributed by atoms with van der Waals surface area (Å²) < 4.78 is 42.1. The summed E-state index contributed by atoms with van der Waals surface area (Å²) in [6, 6.07) is 2.65. The minimum Gasteiger partial charge on any atom is -0.506 e. The molecule has 1 saturated heterocycles. The SMILES string of the molecule is C/C=C(/O)C(=NC)C(=O)N1CCC2(CCCc3c2c(=O)n2nc(Br)nc2n3CC(=O)Nc2ccc(C(F)(F)F)cc2Cl)CC1. The Balaban J connectivity index is 1.48. The van der Waals surface area contributed by atoms with Crippen molar-refractivity contribution in [2.75, 3.05) is 25.5 Å². The number of nitrogens with one attached hydrogen (secondary N) is 1.